The highest BCUT2D eigenvalue weighted by molar-refractivity contribution is 5.70. The minimum absolute atomic E-state index is 0.152. The first kappa shape index (κ1) is 15.7. The summed E-state index contributed by atoms with van der Waals surface area (Å²) in [4.78, 5) is 11.5. The first-order chi connectivity index (χ1) is 8.90. The molecule has 0 heterocycles. The molecular formula is C16H25NO2. The van der Waals surface area contributed by atoms with E-state index in [0.717, 1.165) is 13.0 Å². The molecule has 0 amide bonds. The molecule has 1 rings (SSSR count). The molecule has 1 aromatic rings. The second kappa shape index (κ2) is 7.29. The van der Waals surface area contributed by atoms with Gasteiger partial charge in [-0.25, -0.2) is 0 Å². The average Bonchev–Trinajstić information content (AvgIpc) is 2.33. The molecule has 0 aliphatic rings. The van der Waals surface area contributed by atoms with Gasteiger partial charge in [0.2, 0.25) is 0 Å². The zero-order valence-corrected chi connectivity index (χ0v) is 12.5. The summed E-state index contributed by atoms with van der Waals surface area (Å²) < 4.78 is 5.24. The van der Waals surface area contributed by atoms with Gasteiger partial charge >= 0.3 is 5.97 Å². The topological polar surface area (TPSA) is 38.3 Å². The van der Waals surface area contributed by atoms with Crippen LogP contribution < -0.4 is 5.32 Å². The molecular weight excluding hydrogens is 238 g/mol. The summed E-state index contributed by atoms with van der Waals surface area (Å²) in [7, 11) is 0. The number of aryl methyl sites for hydroxylation is 1. The number of esters is 1. The number of hydrogen-bond acceptors (Lipinski definition) is 3. The van der Waals surface area contributed by atoms with E-state index >= 15 is 0 Å². The van der Waals surface area contributed by atoms with E-state index in [1.807, 2.05) is 20.8 Å². The molecule has 3 nitrogen and oxygen atoms in total. The highest BCUT2D eigenvalue weighted by Crippen LogP contribution is 2.08. The molecule has 19 heavy (non-hydrogen) atoms. The van der Waals surface area contributed by atoms with Gasteiger partial charge in [-0.1, -0.05) is 31.2 Å². The number of nitrogens with one attached hydrogen (secondary N) is 1. The Kier molecular flexibility index (Phi) is 6.03. The molecule has 106 valence electrons. The van der Waals surface area contributed by atoms with Crippen LogP contribution in [-0.4, -0.2) is 18.1 Å². The van der Waals surface area contributed by atoms with Crippen LogP contribution in [0.3, 0.4) is 0 Å². The van der Waals surface area contributed by atoms with Crippen LogP contribution in [-0.2, 0) is 22.5 Å². The lowest BCUT2D eigenvalue weighted by molar-refractivity contribution is -0.154. The predicted octanol–water partition coefficient (Wildman–Crippen LogP) is 3.07. The molecule has 0 saturated carbocycles. The number of hydrogen-bond donors (Lipinski definition) is 1. The van der Waals surface area contributed by atoms with Crippen LogP contribution in [0.4, 0.5) is 0 Å². The van der Waals surface area contributed by atoms with Crippen molar-refractivity contribution < 1.29 is 9.53 Å². The van der Waals surface area contributed by atoms with E-state index in [9.17, 15) is 4.79 Å². The monoisotopic (exact) mass is 263 g/mol. The standard InChI is InChI=1S/C16H25NO2/c1-5-13-6-8-14(9-7-13)12-17-11-10-15(18)19-16(2,3)4/h6-9,17H,5,10-12H2,1-4H3. The van der Waals surface area contributed by atoms with Gasteiger partial charge in [0.25, 0.3) is 0 Å². The molecule has 0 aliphatic carbocycles. The third-order valence-corrected chi connectivity index (χ3v) is 2.69. The SMILES string of the molecule is CCc1ccc(CNCCC(=O)OC(C)(C)C)cc1. The first-order valence-electron chi connectivity index (χ1n) is 6.91. The Hall–Kier alpha value is -1.35. The Labute approximate surface area is 116 Å². The van der Waals surface area contributed by atoms with E-state index in [4.69, 9.17) is 4.74 Å². The smallest absolute Gasteiger partial charge is 0.307 e. The summed E-state index contributed by atoms with van der Waals surface area (Å²) in [6, 6.07) is 8.54. The van der Waals surface area contributed by atoms with Crippen LogP contribution in [0, 0.1) is 0 Å². The van der Waals surface area contributed by atoms with Gasteiger partial charge in [0, 0.05) is 13.1 Å². The lowest BCUT2D eigenvalue weighted by Crippen LogP contribution is -2.26. The molecule has 1 aromatic carbocycles. The minimum Gasteiger partial charge on any atom is -0.460 e. The van der Waals surface area contributed by atoms with Crippen molar-refractivity contribution in [1.82, 2.24) is 5.32 Å². The molecule has 0 aliphatic heterocycles. The summed E-state index contributed by atoms with van der Waals surface area (Å²) in [5.41, 5.74) is 2.19. The normalized spacial score (nSPS) is 11.4. The van der Waals surface area contributed by atoms with Crippen molar-refractivity contribution in [2.45, 2.75) is 52.7 Å². The van der Waals surface area contributed by atoms with E-state index in [0.29, 0.717) is 13.0 Å². The zero-order valence-electron chi connectivity index (χ0n) is 12.5. The van der Waals surface area contributed by atoms with Gasteiger partial charge in [-0.2, -0.15) is 0 Å². The van der Waals surface area contributed by atoms with Crippen molar-refractivity contribution in [1.29, 1.82) is 0 Å². The predicted molar refractivity (Wildman–Crippen MR) is 78.0 cm³/mol. The Balaban J connectivity index is 2.21. The maximum absolute atomic E-state index is 11.5. The van der Waals surface area contributed by atoms with E-state index in [1.54, 1.807) is 0 Å². The first-order valence-corrected chi connectivity index (χ1v) is 6.91. The number of ether oxygens (including phenoxy) is 1. The summed E-state index contributed by atoms with van der Waals surface area (Å²) in [6.07, 6.45) is 1.47. The maximum atomic E-state index is 11.5. The van der Waals surface area contributed by atoms with Gasteiger partial charge in [-0.3, -0.25) is 4.79 Å². The fourth-order valence-corrected chi connectivity index (χ4v) is 1.71. The Morgan fingerprint density at radius 3 is 2.26 bits per heavy atom. The van der Waals surface area contributed by atoms with Gasteiger partial charge in [-0.15, -0.1) is 0 Å². The van der Waals surface area contributed by atoms with Crippen LogP contribution in [0.15, 0.2) is 24.3 Å². The zero-order chi connectivity index (χ0) is 14.3. The largest absolute Gasteiger partial charge is 0.460 e. The van der Waals surface area contributed by atoms with Crippen molar-refractivity contribution in [3.63, 3.8) is 0 Å². The van der Waals surface area contributed by atoms with Gasteiger partial charge in [0.15, 0.2) is 0 Å². The van der Waals surface area contributed by atoms with Gasteiger partial charge in [0.1, 0.15) is 5.60 Å². The van der Waals surface area contributed by atoms with E-state index in [1.165, 1.54) is 11.1 Å². The Bertz CT molecular complexity index is 390. The number of benzene rings is 1. The molecule has 0 saturated heterocycles. The van der Waals surface area contributed by atoms with Crippen molar-refractivity contribution in [2.24, 2.45) is 0 Å². The van der Waals surface area contributed by atoms with Gasteiger partial charge < -0.3 is 10.1 Å². The highest BCUT2D eigenvalue weighted by Gasteiger charge is 2.15. The Morgan fingerprint density at radius 2 is 1.74 bits per heavy atom. The summed E-state index contributed by atoms with van der Waals surface area (Å²) in [5, 5.41) is 3.25. The quantitative estimate of drug-likeness (QED) is 0.633. The lowest BCUT2D eigenvalue weighted by atomic mass is 10.1. The van der Waals surface area contributed by atoms with Crippen LogP contribution in [0.25, 0.3) is 0 Å². The number of rotatable bonds is 6. The van der Waals surface area contributed by atoms with Crippen molar-refractivity contribution >= 4 is 5.97 Å². The van der Waals surface area contributed by atoms with Gasteiger partial charge in [-0.05, 0) is 38.3 Å². The number of carbonyl (C=O) groups excluding carboxylic acids is 1. The van der Waals surface area contributed by atoms with E-state index in [2.05, 4.69) is 36.5 Å². The maximum Gasteiger partial charge on any atom is 0.307 e. The Morgan fingerprint density at radius 1 is 1.16 bits per heavy atom. The molecule has 1 N–H and O–H groups in total. The third kappa shape index (κ3) is 6.97. The van der Waals surface area contributed by atoms with E-state index in [-0.39, 0.29) is 5.97 Å². The fraction of sp³-hybridized carbons (Fsp3) is 0.562. The molecule has 0 aromatic heterocycles. The second-order valence-electron chi connectivity index (χ2n) is 5.68. The van der Waals surface area contributed by atoms with Crippen LogP contribution in [0.1, 0.15) is 45.2 Å². The van der Waals surface area contributed by atoms with Crippen LogP contribution in [0.5, 0.6) is 0 Å². The van der Waals surface area contributed by atoms with Crippen molar-refractivity contribution in [2.75, 3.05) is 6.54 Å². The highest BCUT2D eigenvalue weighted by atomic mass is 16.6. The third-order valence-electron chi connectivity index (χ3n) is 2.69. The second-order valence-corrected chi connectivity index (χ2v) is 5.68. The van der Waals surface area contributed by atoms with Crippen molar-refractivity contribution in [3.05, 3.63) is 35.4 Å². The molecule has 0 atom stereocenters. The number of carbonyl (C=O) groups is 1. The lowest BCUT2D eigenvalue weighted by Gasteiger charge is -2.19. The summed E-state index contributed by atoms with van der Waals surface area (Å²) in [6.45, 7) is 9.22. The minimum atomic E-state index is -0.396. The molecule has 0 unspecified atom stereocenters. The average molecular weight is 263 g/mol. The van der Waals surface area contributed by atoms with Crippen LogP contribution in [0.2, 0.25) is 0 Å². The molecule has 0 bridgehead atoms. The molecule has 0 spiro atoms. The molecule has 0 radical (unpaired) electrons. The molecule has 0 fully saturated rings. The van der Waals surface area contributed by atoms with Crippen LogP contribution >= 0.6 is 0 Å². The van der Waals surface area contributed by atoms with Crippen molar-refractivity contribution in [3.8, 4) is 0 Å². The fourth-order valence-electron chi connectivity index (χ4n) is 1.71. The summed E-state index contributed by atoms with van der Waals surface area (Å²) in [5.74, 6) is -0.152. The molecule has 3 heteroatoms. The van der Waals surface area contributed by atoms with Gasteiger partial charge in [0.05, 0.1) is 6.42 Å². The summed E-state index contributed by atoms with van der Waals surface area (Å²) >= 11 is 0. The van der Waals surface area contributed by atoms with E-state index < -0.39 is 5.60 Å².